The van der Waals surface area contributed by atoms with E-state index in [9.17, 15) is 9.59 Å². The first-order valence-electron chi connectivity index (χ1n) is 5.93. The monoisotopic (exact) mass is 246 g/mol. The van der Waals surface area contributed by atoms with Crippen molar-refractivity contribution in [2.45, 2.75) is 39.2 Å². The van der Waals surface area contributed by atoms with Crippen LogP contribution in [0.25, 0.3) is 0 Å². The van der Waals surface area contributed by atoms with Gasteiger partial charge in [0.05, 0.1) is 0 Å². The molecule has 0 aromatic carbocycles. The van der Waals surface area contributed by atoms with Crippen molar-refractivity contribution >= 4 is 12.0 Å². The van der Waals surface area contributed by atoms with Gasteiger partial charge < -0.3 is 20.8 Å². The van der Waals surface area contributed by atoms with E-state index in [1.807, 2.05) is 0 Å². The molecule has 0 spiro atoms. The van der Waals surface area contributed by atoms with Crippen LogP contribution in [0.1, 0.15) is 33.1 Å². The number of rotatable bonds is 8. The summed E-state index contributed by atoms with van der Waals surface area (Å²) in [6.45, 7) is 4.89. The van der Waals surface area contributed by atoms with Crippen LogP contribution in [0.3, 0.4) is 0 Å². The molecule has 0 unspecified atom stereocenters. The maximum Gasteiger partial charge on any atom is 0.332 e. The molecular formula is C11H22N2O4. The Hall–Kier alpha value is -1.30. The van der Waals surface area contributed by atoms with Crippen LogP contribution in [-0.2, 0) is 4.79 Å². The highest BCUT2D eigenvalue weighted by molar-refractivity contribution is 5.74. The van der Waals surface area contributed by atoms with Gasteiger partial charge in [-0.1, -0.05) is 26.7 Å². The Kier molecular flexibility index (Phi) is 8.13. The van der Waals surface area contributed by atoms with Gasteiger partial charge in [0.25, 0.3) is 0 Å². The van der Waals surface area contributed by atoms with E-state index in [1.54, 1.807) is 0 Å². The Labute approximate surface area is 101 Å². The fraction of sp³-hybridized carbons (Fsp3) is 0.818. The van der Waals surface area contributed by atoms with Crippen LogP contribution in [0.2, 0.25) is 0 Å². The van der Waals surface area contributed by atoms with Gasteiger partial charge in [-0.3, -0.25) is 0 Å². The molecule has 17 heavy (non-hydrogen) atoms. The fourth-order valence-electron chi connectivity index (χ4n) is 1.32. The molecule has 0 aliphatic rings. The molecule has 0 aromatic heterocycles. The van der Waals surface area contributed by atoms with Crippen molar-refractivity contribution < 1.29 is 19.8 Å². The first kappa shape index (κ1) is 15.7. The number of carboxylic acid groups (broad SMARTS) is 1. The van der Waals surface area contributed by atoms with Crippen molar-refractivity contribution in [3.05, 3.63) is 0 Å². The van der Waals surface area contributed by atoms with Crippen LogP contribution < -0.4 is 10.6 Å². The highest BCUT2D eigenvalue weighted by Crippen LogP contribution is 2.04. The summed E-state index contributed by atoms with van der Waals surface area (Å²) in [5, 5.41) is 22.6. The molecule has 2 amide bonds. The van der Waals surface area contributed by atoms with E-state index in [0.29, 0.717) is 12.5 Å². The quantitative estimate of drug-likeness (QED) is 0.503. The predicted octanol–water partition coefficient (Wildman–Crippen LogP) is 0.557. The number of amides is 2. The second kappa shape index (κ2) is 8.81. The normalized spacial score (nSPS) is 12.2. The maximum absolute atomic E-state index is 11.3. The van der Waals surface area contributed by atoms with E-state index in [4.69, 9.17) is 10.2 Å². The van der Waals surface area contributed by atoms with Gasteiger partial charge in [-0.2, -0.15) is 0 Å². The average Bonchev–Trinajstić information content (AvgIpc) is 2.30. The Morgan fingerprint density at radius 1 is 1.18 bits per heavy atom. The SMILES string of the molecule is CCC(CC)CNC(=O)NCC[C@H](O)C(=O)O. The van der Waals surface area contributed by atoms with E-state index >= 15 is 0 Å². The van der Waals surface area contributed by atoms with E-state index in [2.05, 4.69) is 24.5 Å². The first-order valence-corrected chi connectivity index (χ1v) is 5.93. The molecule has 0 rings (SSSR count). The lowest BCUT2D eigenvalue weighted by atomic mass is 10.0. The van der Waals surface area contributed by atoms with E-state index in [1.165, 1.54) is 0 Å². The highest BCUT2D eigenvalue weighted by atomic mass is 16.4. The van der Waals surface area contributed by atoms with Gasteiger partial charge in [-0.15, -0.1) is 0 Å². The Morgan fingerprint density at radius 3 is 2.24 bits per heavy atom. The third kappa shape index (κ3) is 7.57. The second-order valence-electron chi connectivity index (χ2n) is 3.96. The fourth-order valence-corrected chi connectivity index (χ4v) is 1.32. The minimum Gasteiger partial charge on any atom is -0.479 e. The molecule has 0 saturated heterocycles. The van der Waals surface area contributed by atoms with Gasteiger partial charge in [0.1, 0.15) is 0 Å². The van der Waals surface area contributed by atoms with Crippen molar-refractivity contribution in [3.8, 4) is 0 Å². The average molecular weight is 246 g/mol. The molecular weight excluding hydrogens is 224 g/mol. The number of aliphatic hydroxyl groups is 1. The summed E-state index contributed by atoms with van der Waals surface area (Å²) in [7, 11) is 0. The Balaban J connectivity index is 3.63. The van der Waals surface area contributed by atoms with Crippen LogP contribution >= 0.6 is 0 Å². The number of hydrogen-bond donors (Lipinski definition) is 4. The largest absolute Gasteiger partial charge is 0.479 e. The predicted molar refractivity (Wildman–Crippen MR) is 63.7 cm³/mol. The van der Waals surface area contributed by atoms with Crippen molar-refractivity contribution in [1.29, 1.82) is 0 Å². The summed E-state index contributed by atoms with van der Waals surface area (Å²) in [4.78, 5) is 21.6. The van der Waals surface area contributed by atoms with Crippen LogP contribution in [0.15, 0.2) is 0 Å². The number of carbonyl (C=O) groups excluding carboxylic acids is 1. The molecule has 4 N–H and O–H groups in total. The molecule has 0 aromatic rings. The Bertz CT molecular complexity index is 242. The number of carbonyl (C=O) groups is 2. The van der Waals surface area contributed by atoms with Crippen molar-refractivity contribution in [2.24, 2.45) is 5.92 Å². The molecule has 0 aliphatic carbocycles. The molecule has 0 saturated carbocycles. The highest BCUT2D eigenvalue weighted by Gasteiger charge is 2.13. The van der Waals surface area contributed by atoms with Crippen LogP contribution in [-0.4, -0.2) is 41.4 Å². The summed E-state index contributed by atoms with van der Waals surface area (Å²) in [5.41, 5.74) is 0. The van der Waals surface area contributed by atoms with Gasteiger partial charge in [-0.25, -0.2) is 9.59 Å². The molecule has 0 radical (unpaired) electrons. The zero-order valence-corrected chi connectivity index (χ0v) is 10.4. The second-order valence-corrected chi connectivity index (χ2v) is 3.96. The first-order chi connectivity index (χ1) is 8.01. The number of aliphatic carboxylic acids is 1. The van der Waals surface area contributed by atoms with Crippen molar-refractivity contribution in [1.82, 2.24) is 10.6 Å². The van der Waals surface area contributed by atoms with Gasteiger partial charge in [0.15, 0.2) is 6.10 Å². The standard InChI is InChI=1S/C11H22N2O4/c1-3-8(4-2)7-13-11(17)12-6-5-9(14)10(15)16/h8-9,14H,3-7H2,1-2H3,(H,15,16)(H2,12,13,17)/t9-/m0/s1. The Morgan fingerprint density at radius 2 is 1.76 bits per heavy atom. The molecule has 6 heteroatoms. The van der Waals surface area contributed by atoms with E-state index in [0.717, 1.165) is 12.8 Å². The van der Waals surface area contributed by atoms with Gasteiger partial charge >= 0.3 is 12.0 Å². The lowest BCUT2D eigenvalue weighted by molar-refractivity contribution is -0.146. The molecule has 100 valence electrons. The van der Waals surface area contributed by atoms with Crippen molar-refractivity contribution in [2.75, 3.05) is 13.1 Å². The number of urea groups is 1. The van der Waals surface area contributed by atoms with Crippen LogP contribution in [0.4, 0.5) is 4.79 Å². The zero-order valence-electron chi connectivity index (χ0n) is 10.4. The van der Waals surface area contributed by atoms with Gasteiger partial charge in [0, 0.05) is 19.5 Å². The number of hydrogen-bond acceptors (Lipinski definition) is 3. The van der Waals surface area contributed by atoms with E-state index in [-0.39, 0.29) is 19.0 Å². The summed E-state index contributed by atoms with van der Waals surface area (Å²) >= 11 is 0. The van der Waals surface area contributed by atoms with Gasteiger partial charge in [-0.05, 0) is 5.92 Å². The number of aliphatic hydroxyl groups excluding tert-OH is 1. The van der Waals surface area contributed by atoms with E-state index < -0.39 is 12.1 Å². The molecule has 6 nitrogen and oxygen atoms in total. The number of nitrogens with one attached hydrogen (secondary N) is 2. The van der Waals surface area contributed by atoms with Crippen LogP contribution in [0, 0.1) is 5.92 Å². The smallest absolute Gasteiger partial charge is 0.332 e. The third-order valence-corrected chi connectivity index (χ3v) is 2.69. The number of carboxylic acids is 1. The lowest BCUT2D eigenvalue weighted by Gasteiger charge is -2.14. The summed E-state index contributed by atoms with van der Waals surface area (Å²) in [6, 6.07) is -0.325. The maximum atomic E-state index is 11.3. The molecule has 0 fully saturated rings. The zero-order chi connectivity index (χ0) is 13.3. The van der Waals surface area contributed by atoms with Crippen molar-refractivity contribution in [3.63, 3.8) is 0 Å². The molecule has 0 heterocycles. The summed E-state index contributed by atoms with van der Waals surface area (Å²) in [6.07, 6.45) is 0.603. The van der Waals surface area contributed by atoms with Crippen LogP contribution in [0.5, 0.6) is 0 Å². The minimum atomic E-state index is -1.42. The summed E-state index contributed by atoms with van der Waals surface area (Å²) < 4.78 is 0. The molecule has 1 atom stereocenters. The molecule has 0 bridgehead atoms. The summed E-state index contributed by atoms with van der Waals surface area (Å²) in [5.74, 6) is -0.811. The van der Waals surface area contributed by atoms with Gasteiger partial charge in [0.2, 0.25) is 0 Å². The molecule has 0 aliphatic heterocycles. The topological polar surface area (TPSA) is 98.7 Å². The minimum absolute atomic E-state index is 0.00768. The lowest BCUT2D eigenvalue weighted by Crippen LogP contribution is -2.39. The third-order valence-electron chi connectivity index (χ3n) is 2.69.